The molecule has 2 rings (SSSR count). The van der Waals surface area contributed by atoms with Crippen LogP contribution in [0.15, 0.2) is 42.5 Å². The molecule has 0 saturated carbocycles. The summed E-state index contributed by atoms with van der Waals surface area (Å²) in [7, 11) is 0. The molecular weight excluding hydrogens is 316 g/mol. The van der Waals surface area contributed by atoms with Crippen LogP contribution in [0, 0.1) is 18.8 Å². The SMILES string of the molecule is Cc1cc(C#Cc2ccc(C(=O)O)cc2)ccc1CBr. The van der Waals surface area contributed by atoms with Crippen LogP contribution in [0.25, 0.3) is 0 Å². The molecule has 1 N–H and O–H groups in total. The maximum absolute atomic E-state index is 10.7. The van der Waals surface area contributed by atoms with E-state index in [1.165, 1.54) is 11.1 Å². The second kappa shape index (κ2) is 6.40. The maximum Gasteiger partial charge on any atom is 0.335 e. The largest absolute Gasteiger partial charge is 0.478 e. The third kappa shape index (κ3) is 3.49. The van der Waals surface area contributed by atoms with Gasteiger partial charge in [0.05, 0.1) is 5.56 Å². The Labute approximate surface area is 126 Å². The molecule has 0 unspecified atom stereocenters. The molecule has 20 heavy (non-hydrogen) atoms. The third-order valence-electron chi connectivity index (χ3n) is 2.97. The van der Waals surface area contributed by atoms with E-state index in [4.69, 9.17) is 5.11 Å². The Kier molecular flexibility index (Phi) is 4.60. The van der Waals surface area contributed by atoms with Crippen LogP contribution < -0.4 is 0 Å². The molecule has 100 valence electrons. The average Bonchev–Trinajstić information content (AvgIpc) is 2.45. The van der Waals surface area contributed by atoms with Crippen LogP contribution in [-0.2, 0) is 5.33 Å². The van der Waals surface area contributed by atoms with E-state index in [0.29, 0.717) is 0 Å². The summed E-state index contributed by atoms with van der Waals surface area (Å²) in [6, 6.07) is 12.7. The van der Waals surface area contributed by atoms with Gasteiger partial charge in [0.1, 0.15) is 0 Å². The fraction of sp³-hybridized carbons (Fsp3) is 0.118. The lowest BCUT2D eigenvalue weighted by Crippen LogP contribution is -1.94. The van der Waals surface area contributed by atoms with Crippen molar-refractivity contribution in [2.45, 2.75) is 12.3 Å². The summed E-state index contributed by atoms with van der Waals surface area (Å²) in [6.07, 6.45) is 0. The van der Waals surface area contributed by atoms with Crippen LogP contribution in [0.3, 0.4) is 0 Å². The van der Waals surface area contributed by atoms with E-state index in [-0.39, 0.29) is 5.56 Å². The van der Waals surface area contributed by atoms with Crippen molar-refractivity contribution in [3.63, 3.8) is 0 Å². The number of carboxylic acid groups (broad SMARTS) is 1. The van der Waals surface area contributed by atoms with E-state index < -0.39 is 5.97 Å². The summed E-state index contributed by atoms with van der Waals surface area (Å²) in [5.41, 5.74) is 4.48. The van der Waals surface area contributed by atoms with E-state index in [0.717, 1.165) is 16.5 Å². The number of aromatic carboxylic acids is 1. The molecule has 0 saturated heterocycles. The Balaban J connectivity index is 2.22. The highest BCUT2D eigenvalue weighted by Crippen LogP contribution is 2.13. The number of rotatable bonds is 2. The fourth-order valence-corrected chi connectivity index (χ4v) is 2.39. The van der Waals surface area contributed by atoms with E-state index in [2.05, 4.69) is 46.8 Å². The first-order chi connectivity index (χ1) is 9.60. The topological polar surface area (TPSA) is 37.3 Å². The second-order valence-corrected chi connectivity index (χ2v) is 4.97. The van der Waals surface area contributed by atoms with Crippen molar-refractivity contribution in [3.05, 3.63) is 70.3 Å². The zero-order valence-electron chi connectivity index (χ0n) is 11.0. The molecular formula is C17H13BrO2. The molecule has 0 aliphatic carbocycles. The van der Waals surface area contributed by atoms with Gasteiger partial charge in [-0.05, 0) is 54.4 Å². The molecule has 2 nitrogen and oxygen atoms in total. The lowest BCUT2D eigenvalue weighted by Gasteiger charge is -2.01. The Bertz CT molecular complexity index is 691. The monoisotopic (exact) mass is 328 g/mol. The van der Waals surface area contributed by atoms with Crippen LogP contribution in [0.2, 0.25) is 0 Å². The summed E-state index contributed by atoms with van der Waals surface area (Å²) < 4.78 is 0. The van der Waals surface area contributed by atoms with Crippen LogP contribution >= 0.6 is 15.9 Å². The van der Waals surface area contributed by atoms with Crippen molar-refractivity contribution in [1.29, 1.82) is 0 Å². The normalized spacial score (nSPS) is 9.70. The number of aryl methyl sites for hydroxylation is 1. The number of carboxylic acids is 1. The van der Waals surface area contributed by atoms with E-state index in [9.17, 15) is 4.79 Å². The molecule has 0 amide bonds. The minimum atomic E-state index is -0.925. The average molecular weight is 329 g/mol. The molecule has 0 fully saturated rings. The molecule has 0 aliphatic heterocycles. The predicted molar refractivity (Wildman–Crippen MR) is 83.2 cm³/mol. The van der Waals surface area contributed by atoms with Gasteiger partial charge in [0.2, 0.25) is 0 Å². The Morgan fingerprint density at radius 2 is 1.70 bits per heavy atom. The summed E-state index contributed by atoms with van der Waals surface area (Å²) in [4.78, 5) is 10.7. The van der Waals surface area contributed by atoms with Crippen molar-refractivity contribution >= 4 is 21.9 Å². The number of hydrogen-bond donors (Lipinski definition) is 1. The van der Waals surface area contributed by atoms with Gasteiger partial charge in [-0.15, -0.1) is 0 Å². The quantitative estimate of drug-likeness (QED) is 0.668. The summed E-state index contributed by atoms with van der Waals surface area (Å²) >= 11 is 3.44. The highest BCUT2D eigenvalue weighted by molar-refractivity contribution is 9.08. The first-order valence-corrected chi connectivity index (χ1v) is 7.23. The first kappa shape index (κ1) is 14.4. The third-order valence-corrected chi connectivity index (χ3v) is 3.57. The van der Waals surface area contributed by atoms with Crippen molar-refractivity contribution in [3.8, 4) is 11.8 Å². The smallest absolute Gasteiger partial charge is 0.335 e. The van der Waals surface area contributed by atoms with Gasteiger partial charge in [0.15, 0.2) is 0 Å². The minimum absolute atomic E-state index is 0.271. The van der Waals surface area contributed by atoms with Crippen LogP contribution in [0.5, 0.6) is 0 Å². The number of benzene rings is 2. The minimum Gasteiger partial charge on any atom is -0.478 e. The summed E-state index contributed by atoms with van der Waals surface area (Å²) in [5.74, 6) is 5.20. The van der Waals surface area contributed by atoms with Crippen molar-refractivity contribution in [2.24, 2.45) is 0 Å². The van der Waals surface area contributed by atoms with E-state index >= 15 is 0 Å². The van der Waals surface area contributed by atoms with Gasteiger partial charge in [0, 0.05) is 16.5 Å². The zero-order chi connectivity index (χ0) is 14.5. The highest BCUT2D eigenvalue weighted by atomic mass is 79.9. The maximum atomic E-state index is 10.7. The lowest BCUT2D eigenvalue weighted by atomic mass is 10.1. The van der Waals surface area contributed by atoms with Gasteiger partial charge in [-0.1, -0.05) is 33.8 Å². The number of hydrogen-bond acceptors (Lipinski definition) is 1. The standard InChI is InChI=1S/C17H13BrO2/c1-12-10-14(6-9-16(12)11-18)3-2-13-4-7-15(8-5-13)17(19)20/h4-10H,11H2,1H3,(H,19,20). The highest BCUT2D eigenvalue weighted by Gasteiger charge is 2.00. The zero-order valence-corrected chi connectivity index (χ0v) is 12.6. The molecule has 0 heterocycles. The Morgan fingerprint density at radius 1 is 1.10 bits per heavy atom. The van der Waals surface area contributed by atoms with Gasteiger partial charge in [0.25, 0.3) is 0 Å². The summed E-state index contributed by atoms with van der Waals surface area (Å²) in [6.45, 7) is 2.06. The molecule has 0 aromatic heterocycles. The molecule has 2 aromatic carbocycles. The molecule has 0 bridgehead atoms. The first-order valence-electron chi connectivity index (χ1n) is 6.11. The molecule has 0 spiro atoms. The Morgan fingerprint density at radius 3 is 2.25 bits per heavy atom. The molecule has 0 aliphatic rings. The van der Waals surface area contributed by atoms with Crippen LogP contribution in [0.1, 0.15) is 32.6 Å². The lowest BCUT2D eigenvalue weighted by molar-refractivity contribution is 0.0697. The van der Waals surface area contributed by atoms with E-state index in [1.807, 2.05) is 6.07 Å². The van der Waals surface area contributed by atoms with Gasteiger partial charge >= 0.3 is 5.97 Å². The number of alkyl halides is 1. The van der Waals surface area contributed by atoms with Gasteiger partial charge in [-0.25, -0.2) is 4.79 Å². The van der Waals surface area contributed by atoms with Crippen LogP contribution in [0.4, 0.5) is 0 Å². The van der Waals surface area contributed by atoms with Gasteiger partial charge in [-0.3, -0.25) is 0 Å². The van der Waals surface area contributed by atoms with E-state index in [1.54, 1.807) is 24.3 Å². The molecule has 0 radical (unpaired) electrons. The second-order valence-electron chi connectivity index (χ2n) is 4.41. The van der Waals surface area contributed by atoms with Crippen LogP contribution in [-0.4, -0.2) is 11.1 Å². The number of carbonyl (C=O) groups is 1. The number of halogens is 1. The summed E-state index contributed by atoms with van der Waals surface area (Å²) in [5, 5.41) is 9.66. The predicted octanol–water partition coefficient (Wildman–Crippen LogP) is 3.99. The molecule has 0 atom stereocenters. The molecule has 3 heteroatoms. The molecule has 2 aromatic rings. The van der Waals surface area contributed by atoms with Gasteiger partial charge < -0.3 is 5.11 Å². The van der Waals surface area contributed by atoms with Gasteiger partial charge in [-0.2, -0.15) is 0 Å². The van der Waals surface area contributed by atoms with Crippen molar-refractivity contribution in [2.75, 3.05) is 0 Å². The van der Waals surface area contributed by atoms with Crippen molar-refractivity contribution in [1.82, 2.24) is 0 Å². The fourth-order valence-electron chi connectivity index (χ4n) is 1.76. The van der Waals surface area contributed by atoms with Crippen molar-refractivity contribution < 1.29 is 9.90 Å². The Hall–Kier alpha value is -2.05.